The first-order valence-corrected chi connectivity index (χ1v) is 6.65. The largest absolute Gasteiger partial charge is 0.497 e. The number of anilines is 1. The van der Waals surface area contributed by atoms with Crippen molar-refractivity contribution in [3.63, 3.8) is 0 Å². The highest BCUT2D eigenvalue weighted by Crippen LogP contribution is 2.15. The maximum absolute atomic E-state index is 12.0. The Morgan fingerprint density at radius 1 is 1.11 bits per heavy atom. The van der Waals surface area contributed by atoms with E-state index >= 15 is 0 Å². The topological polar surface area (TPSA) is 38.3 Å². The maximum atomic E-state index is 12.0. The molecule has 0 unspecified atom stereocenters. The lowest BCUT2D eigenvalue weighted by Gasteiger charge is -2.06. The summed E-state index contributed by atoms with van der Waals surface area (Å²) in [5, 5.41) is 3.10. The summed E-state index contributed by atoms with van der Waals surface area (Å²) < 4.78 is 6.07. The lowest BCUT2D eigenvalue weighted by Crippen LogP contribution is -2.13. The molecule has 2 aromatic rings. The van der Waals surface area contributed by atoms with E-state index in [9.17, 15) is 4.79 Å². The third-order valence-electron chi connectivity index (χ3n) is 2.71. The molecule has 0 atom stereocenters. The van der Waals surface area contributed by atoms with Crippen molar-refractivity contribution >= 4 is 27.4 Å². The zero-order valence-corrected chi connectivity index (χ0v) is 12.1. The number of hydrogen-bond donors (Lipinski definition) is 1. The van der Waals surface area contributed by atoms with Crippen LogP contribution in [0, 0.1) is 0 Å². The van der Waals surface area contributed by atoms with Gasteiger partial charge in [-0.3, -0.25) is 4.79 Å². The quantitative estimate of drug-likeness (QED) is 0.853. The van der Waals surface area contributed by atoms with Gasteiger partial charge in [-0.25, -0.2) is 0 Å². The first-order chi connectivity index (χ1) is 9.19. The summed E-state index contributed by atoms with van der Waals surface area (Å²) in [5.41, 5.74) is 1.59. The number of carbonyl (C=O) groups is 1. The van der Waals surface area contributed by atoms with E-state index in [2.05, 4.69) is 21.2 Å². The Bertz CT molecular complexity index is 549. The average molecular weight is 320 g/mol. The third-order valence-corrected chi connectivity index (χ3v) is 3.24. The van der Waals surface area contributed by atoms with Crippen molar-refractivity contribution in [3.8, 4) is 5.75 Å². The summed E-state index contributed by atoms with van der Waals surface area (Å²) in [7, 11) is 1.60. The predicted molar refractivity (Wildman–Crippen MR) is 80.0 cm³/mol. The van der Waals surface area contributed by atoms with E-state index in [4.69, 9.17) is 4.74 Å². The molecule has 0 spiro atoms. The van der Waals surface area contributed by atoms with Gasteiger partial charge < -0.3 is 10.1 Å². The summed E-state index contributed by atoms with van der Waals surface area (Å²) in [4.78, 5) is 12.0. The van der Waals surface area contributed by atoms with E-state index in [1.54, 1.807) is 31.4 Å². The van der Waals surface area contributed by atoms with Crippen molar-refractivity contribution in [2.24, 2.45) is 0 Å². The van der Waals surface area contributed by atoms with Crippen LogP contribution in [-0.4, -0.2) is 19.4 Å². The lowest BCUT2D eigenvalue weighted by molar-refractivity contribution is 0.101. The molecule has 0 aromatic heterocycles. The fourth-order valence-electron chi connectivity index (χ4n) is 1.63. The van der Waals surface area contributed by atoms with E-state index in [-0.39, 0.29) is 12.3 Å². The van der Waals surface area contributed by atoms with Crippen LogP contribution in [0.1, 0.15) is 10.4 Å². The van der Waals surface area contributed by atoms with Crippen LogP contribution in [0.4, 0.5) is 5.69 Å². The molecule has 2 aromatic carbocycles. The van der Waals surface area contributed by atoms with Gasteiger partial charge in [0.1, 0.15) is 5.75 Å². The minimum Gasteiger partial charge on any atom is -0.497 e. The number of ketones is 1. The minimum absolute atomic E-state index is 0.0468. The smallest absolute Gasteiger partial charge is 0.181 e. The molecule has 0 radical (unpaired) electrons. The Balaban J connectivity index is 1.95. The number of Topliss-reactive ketones (excluding diaryl/α,β-unsaturated/α-hetero) is 1. The summed E-state index contributed by atoms with van der Waals surface area (Å²) >= 11 is 3.37. The molecule has 0 fully saturated rings. The second kappa shape index (κ2) is 6.38. The minimum atomic E-state index is 0.0468. The Kier molecular flexibility index (Phi) is 4.58. The maximum Gasteiger partial charge on any atom is 0.181 e. The Hall–Kier alpha value is -1.81. The number of hydrogen-bond acceptors (Lipinski definition) is 3. The van der Waals surface area contributed by atoms with Crippen LogP contribution in [0.3, 0.4) is 0 Å². The first kappa shape index (κ1) is 13.6. The highest BCUT2D eigenvalue weighted by atomic mass is 79.9. The highest BCUT2D eigenvalue weighted by Gasteiger charge is 2.05. The lowest BCUT2D eigenvalue weighted by atomic mass is 10.1. The van der Waals surface area contributed by atoms with E-state index < -0.39 is 0 Å². The van der Waals surface area contributed by atoms with Crippen LogP contribution in [0.15, 0.2) is 53.0 Å². The van der Waals surface area contributed by atoms with Gasteiger partial charge >= 0.3 is 0 Å². The fourth-order valence-corrected chi connectivity index (χ4v) is 1.89. The first-order valence-electron chi connectivity index (χ1n) is 5.86. The molecular formula is C15H14BrNO2. The average Bonchev–Trinajstić information content (AvgIpc) is 2.46. The number of ether oxygens (including phenoxy) is 1. The van der Waals surface area contributed by atoms with E-state index in [0.717, 1.165) is 15.9 Å². The molecule has 0 aliphatic carbocycles. The summed E-state index contributed by atoms with van der Waals surface area (Å²) in [6.45, 7) is 0.272. The van der Waals surface area contributed by atoms with E-state index in [1.807, 2.05) is 24.3 Å². The molecule has 0 bridgehead atoms. The van der Waals surface area contributed by atoms with Gasteiger partial charge in [0.2, 0.25) is 0 Å². The molecule has 2 rings (SSSR count). The molecule has 19 heavy (non-hydrogen) atoms. The molecule has 0 saturated heterocycles. The molecule has 0 aliphatic rings. The molecule has 0 aliphatic heterocycles. The van der Waals surface area contributed by atoms with Gasteiger partial charge in [-0.15, -0.1) is 0 Å². The Morgan fingerprint density at radius 2 is 1.74 bits per heavy atom. The molecule has 4 heteroatoms. The van der Waals surface area contributed by atoms with Gasteiger partial charge in [-0.05, 0) is 48.5 Å². The zero-order valence-electron chi connectivity index (χ0n) is 10.5. The van der Waals surface area contributed by atoms with Crippen LogP contribution in [-0.2, 0) is 0 Å². The number of methoxy groups -OCH3 is 1. The Morgan fingerprint density at radius 3 is 2.32 bits per heavy atom. The van der Waals surface area contributed by atoms with Crippen molar-refractivity contribution in [1.82, 2.24) is 0 Å². The number of carbonyl (C=O) groups excluding carboxylic acids is 1. The standard InChI is InChI=1S/C15H14BrNO2/c1-19-14-8-2-11(3-9-14)15(18)10-17-13-6-4-12(16)5-7-13/h2-9,17H,10H2,1H3. The third kappa shape index (κ3) is 3.83. The zero-order chi connectivity index (χ0) is 13.7. The van der Waals surface area contributed by atoms with E-state index in [0.29, 0.717) is 5.56 Å². The van der Waals surface area contributed by atoms with Crippen LogP contribution in [0.5, 0.6) is 5.75 Å². The molecule has 1 N–H and O–H groups in total. The van der Waals surface area contributed by atoms with Crippen molar-refractivity contribution in [2.75, 3.05) is 19.0 Å². The van der Waals surface area contributed by atoms with E-state index in [1.165, 1.54) is 0 Å². The number of benzene rings is 2. The van der Waals surface area contributed by atoms with Crippen molar-refractivity contribution in [1.29, 1.82) is 0 Å². The highest BCUT2D eigenvalue weighted by molar-refractivity contribution is 9.10. The number of rotatable bonds is 5. The second-order valence-corrected chi connectivity index (χ2v) is 4.93. The normalized spacial score (nSPS) is 10.0. The van der Waals surface area contributed by atoms with Gasteiger partial charge in [0.05, 0.1) is 13.7 Å². The van der Waals surface area contributed by atoms with Crippen molar-refractivity contribution in [2.45, 2.75) is 0 Å². The van der Waals surface area contributed by atoms with Gasteiger partial charge in [-0.2, -0.15) is 0 Å². The summed E-state index contributed by atoms with van der Waals surface area (Å²) in [6, 6.07) is 14.8. The predicted octanol–water partition coefficient (Wildman–Crippen LogP) is 3.75. The van der Waals surface area contributed by atoms with Crippen molar-refractivity contribution in [3.05, 3.63) is 58.6 Å². The van der Waals surface area contributed by atoms with Gasteiger partial charge in [-0.1, -0.05) is 15.9 Å². The van der Waals surface area contributed by atoms with Gasteiger partial charge in [0.15, 0.2) is 5.78 Å². The van der Waals surface area contributed by atoms with Crippen LogP contribution < -0.4 is 10.1 Å². The Labute approximate surface area is 120 Å². The molecule has 0 amide bonds. The number of halogens is 1. The summed E-state index contributed by atoms with van der Waals surface area (Å²) in [5.74, 6) is 0.794. The summed E-state index contributed by atoms with van der Waals surface area (Å²) in [6.07, 6.45) is 0. The fraction of sp³-hybridized carbons (Fsp3) is 0.133. The molecular weight excluding hydrogens is 306 g/mol. The van der Waals surface area contributed by atoms with Gasteiger partial charge in [0, 0.05) is 15.7 Å². The van der Waals surface area contributed by atoms with Crippen LogP contribution in [0.25, 0.3) is 0 Å². The molecule has 0 saturated carbocycles. The monoisotopic (exact) mass is 319 g/mol. The molecule has 3 nitrogen and oxygen atoms in total. The SMILES string of the molecule is COc1ccc(C(=O)CNc2ccc(Br)cc2)cc1. The van der Waals surface area contributed by atoms with Crippen LogP contribution in [0.2, 0.25) is 0 Å². The second-order valence-electron chi connectivity index (χ2n) is 4.01. The molecule has 0 heterocycles. The number of nitrogens with one attached hydrogen (secondary N) is 1. The van der Waals surface area contributed by atoms with Crippen LogP contribution >= 0.6 is 15.9 Å². The van der Waals surface area contributed by atoms with Crippen molar-refractivity contribution < 1.29 is 9.53 Å². The molecule has 98 valence electrons. The van der Waals surface area contributed by atoms with Gasteiger partial charge in [0.25, 0.3) is 0 Å².